The molecule has 2 heterocycles. The van der Waals surface area contributed by atoms with Crippen LogP contribution in [-0.2, 0) is 18.3 Å². The van der Waals surface area contributed by atoms with E-state index in [4.69, 9.17) is 4.98 Å². The van der Waals surface area contributed by atoms with Gasteiger partial charge in [-0.1, -0.05) is 60.2 Å². The Labute approximate surface area is 189 Å². The minimum Gasteiger partial charge on any atom is -0.345 e. The van der Waals surface area contributed by atoms with Crippen LogP contribution < -0.4 is 5.32 Å². The monoisotopic (exact) mass is 426 g/mol. The van der Waals surface area contributed by atoms with Crippen LogP contribution in [0.4, 0.5) is 0 Å². The summed E-state index contributed by atoms with van der Waals surface area (Å²) in [5.41, 5.74) is 8.49. The lowest BCUT2D eigenvalue weighted by atomic mass is 9.96. The Kier molecular flexibility index (Phi) is 6.08. The average molecular weight is 427 g/mol. The number of aryl methyl sites for hydroxylation is 5. The smallest absolute Gasteiger partial charge is 0.221 e. The zero-order chi connectivity index (χ0) is 22.8. The Morgan fingerprint density at radius 3 is 2.28 bits per heavy atom. The molecule has 1 amide bonds. The molecule has 0 fully saturated rings. The van der Waals surface area contributed by atoms with Gasteiger partial charge < -0.3 is 5.32 Å². The highest BCUT2D eigenvalue weighted by molar-refractivity contribution is 5.84. The normalized spacial score (nSPS) is 12.2. The highest BCUT2D eigenvalue weighted by Crippen LogP contribution is 2.27. The fourth-order valence-corrected chi connectivity index (χ4v) is 4.47. The van der Waals surface area contributed by atoms with Crippen molar-refractivity contribution in [2.45, 2.75) is 46.6 Å². The maximum atomic E-state index is 13.0. The Bertz CT molecular complexity index is 1260. The molecule has 5 heteroatoms. The van der Waals surface area contributed by atoms with Gasteiger partial charge in [0.1, 0.15) is 0 Å². The molecule has 0 radical (unpaired) electrons. The number of carbonyl (C=O) groups is 1. The van der Waals surface area contributed by atoms with Gasteiger partial charge in [-0.3, -0.25) is 9.48 Å². The summed E-state index contributed by atoms with van der Waals surface area (Å²) in [7, 11) is 1.92. The summed E-state index contributed by atoms with van der Waals surface area (Å²) in [5.74, 6) is 0.0289. The van der Waals surface area contributed by atoms with Crippen LogP contribution in [0.3, 0.4) is 0 Å². The van der Waals surface area contributed by atoms with Crippen LogP contribution in [0.2, 0.25) is 0 Å². The van der Waals surface area contributed by atoms with Gasteiger partial charge in [-0.05, 0) is 56.4 Å². The van der Waals surface area contributed by atoms with E-state index in [1.807, 2.05) is 43.8 Å². The largest absolute Gasteiger partial charge is 0.345 e. The Morgan fingerprint density at radius 2 is 1.59 bits per heavy atom. The maximum Gasteiger partial charge on any atom is 0.221 e. The van der Waals surface area contributed by atoms with Crippen LogP contribution >= 0.6 is 0 Å². The number of amides is 1. The molecule has 0 aliphatic heterocycles. The minimum atomic E-state index is -0.173. The summed E-state index contributed by atoms with van der Waals surface area (Å²) >= 11 is 0. The molecule has 0 bridgehead atoms. The Hall–Kier alpha value is -3.47. The van der Waals surface area contributed by atoms with Crippen molar-refractivity contribution in [2.24, 2.45) is 7.05 Å². The second kappa shape index (κ2) is 8.95. The molecule has 2 aromatic carbocycles. The molecule has 4 rings (SSSR count). The summed E-state index contributed by atoms with van der Waals surface area (Å²) in [6.07, 6.45) is 1.06. The van der Waals surface area contributed by atoms with Gasteiger partial charge in [-0.15, -0.1) is 0 Å². The minimum absolute atomic E-state index is 0.0289. The van der Waals surface area contributed by atoms with Crippen molar-refractivity contribution in [3.05, 3.63) is 93.8 Å². The number of nitrogens with zero attached hydrogens (tertiary/aromatic N) is 3. The summed E-state index contributed by atoms with van der Waals surface area (Å²) in [4.78, 5) is 17.8. The van der Waals surface area contributed by atoms with Gasteiger partial charge in [0.25, 0.3) is 0 Å². The SMILES string of the molecule is Cc1ccc(C(NC(=O)CCc2c(C)nc3c(c(C)nn3C)c2C)c2ccccc2)cc1. The average Bonchev–Trinajstić information content (AvgIpc) is 3.06. The molecule has 0 saturated heterocycles. The summed E-state index contributed by atoms with van der Waals surface area (Å²) in [6.45, 7) is 8.20. The molecule has 2 aromatic heterocycles. The summed E-state index contributed by atoms with van der Waals surface area (Å²) in [6, 6.07) is 18.3. The van der Waals surface area contributed by atoms with Crippen LogP contribution in [0.15, 0.2) is 54.6 Å². The van der Waals surface area contributed by atoms with Gasteiger partial charge in [0, 0.05) is 24.5 Å². The highest BCUT2D eigenvalue weighted by atomic mass is 16.1. The van der Waals surface area contributed by atoms with Crippen molar-refractivity contribution < 1.29 is 4.79 Å². The number of rotatable bonds is 6. The molecule has 0 aliphatic rings. The highest BCUT2D eigenvalue weighted by Gasteiger charge is 2.19. The number of hydrogen-bond donors (Lipinski definition) is 1. The standard InChI is InChI=1S/C27H30N4O/c1-17-11-13-22(14-12-17)26(21-9-7-6-8-10-21)29-24(32)16-15-23-18(2)25-20(4)30-31(5)27(25)28-19(23)3/h6-14,26H,15-16H2,1-5H3,(H,29,32). The lowest BCUT2D eigenvalue weighted by molar-refractivity contribution is -0.121. The Balaban J connectivity index is 1.55. The van der Waals surface area contributed by atoms with Crippen LogP contribution in [0.25, 0.3) is 11.0 Å². The number of aromatic nitrogens is 3. The number of carbonyl (C=O) groups excluding carboxylic acids is 1. The van der Waals surface area contributed by atoms with Crippen molar-refractivity contribution >= 4 is 16.9 Å². The first-order chi connectivity index (χ1) is 15.3. The molecule has 164 valence electrons. The molecule has 0 saturated carbocycles. The van der Waals surface area contributed by atoms with E-state index in [0.717, 1.165) is 39.1 Å². The molecule has 32 heavy (non-hydrogen) atoms. The van der Waals surface area contributed by atoms with E-state index in [2.05, 4.69) is 60.7 Å². The topological polar surface area (TPSA) is 59.8 Å². The fourth-order valence-electron chi connectivity index (χ4n) is 4.47. The van der Waals surface area contributed by atoms with Gasteiger partial charge in [-0.2, -0.15) is 5.10 Å². The first-order valence-corrected chi connectivity index (χ1v) is 11.1. The van der Waals surface area contributed by atoms with Gasteiger partial charge >= 0.3 is 0 Å². The molecule has 1 atom stereocenters. The van der Waals surface area contributed by atoms with Gasteiger partial charge in [0.15, 0.2) is 5.65 Å². The van der Waals surface area contributed by atoms with E-state index in [-0.39, 0.29) is 11.9 Å². The number of pyridine rings is 1. The van der Waals surface area contributed by atoms with E-state index in [0.29, 0.717) is 12.8 Å². The molecular weight excluding hydrogens is 396 g/mol. The number of fused-ring (bicyclic) bond motifs is 1. The third-order valence-electron chi connectivity index (χ3n) is 6.18. The molecule has 5 nitrogen and oxygen atoms in total. The predicted octanol–water partition coefficient (Wildman–Crippen LogP) is 5.04. The molecule has 1 unspecified atom stereocenters. The van der Waals surface area contributed by atoms with Crippen LogP contribution in [-0.4, -0.2) is 20.7 Å². The summed E-state index contributed by atoms with van der Waals surface area (Å²) < 4.78 is 1.83. The van der Waals surface area contributed by atoms with Crippen molar-refractivity contribution in [3.63, 3.8) is 0 Å². The van der Waals surface area contributed by atoms with Crippen LogP contribution in [0.1, 0.15) is 51.7 Å². The predicted molar refractivity (Wildman–Crippen MR) is 129 cm³/mol. The maximum absolute atomic E-state index is 13.0. The lowest BCUT2D eigenvalue weighted by Crippen LogP contribution is -2.29. The van der Waals surface area contributed by atoms with E-state index >= 15 is 0 Å². The molecule has 4 aromatic rings. The van der Waals surface area contributed by atoms with Gasteiger partial charge in [0.2, 0.25) is 5.91 Å². The van der Waals surface area contributed by atoms with E-state index in [9.17, 15) is 4.79 Å². The second-order valence-corrected chi connectivity index (χ2v) is 8.53. The first kappa shape index (κ1) is 21.8. The second-order valence-electron chi connectivity index (χ2n) is 8.53. The third-order valence-corrected chi connectivity index (χ3v) is 6.18. The first-order valence-electron chi connectivity index (χ1n) is 11.1. The van der Waals surface area contributed by atoms with E-state index in [1.54, 1.807) is 0 Å². The molecule has 0 aliphatic carbocycles. The van der Waals surface area contributed by atoms with Crippen molar-refractivity contribution in [3.8, 4) is 0 Å². The van der Waals surface area contributed by atoms with Crippen molar-refractivity contribution in [1.82, 2.24) is 20.1 Å². The number of nitrogens with one attached hydrogen (secondary N) is 1. The molecule has 1 N–H and O–H groups in total. The number of hydrogen-bond acceptors (Lipinski definition) is 3. The van der Waals surface area contributed by atoms with Gasteiger partial charge in [0.05, 0.1) is 11.7 Å². The van der Waals surface area contributed by atoms with Crippen LogP contribution in [0, 0.1) is 27.7 Å². The van der Waals surface area contributed by atoms with Crippen molar-refractivity contribution in [1.29, 1.82) is 0 Å². The quantitative estimate of drug-likeness (QED) is 0.470. The fraction of sp³-hybridized carbons (Fsp3) is 0.296. The van der Waals surface area contributed by atoms with Crippen LogP contribution in [0.5, 0.6) is 0 Å². The zero-order valence-electron chi connectivity index (χ0n) is 19.4. The van der Waals surface area contributed by atoms with E-state index < -0.39 is 0 Å². The lowest BCUT2D eigenvalue weighted by Gasteiger charge is -2.20. The van der Waals surface area contributed by atoms with E-state index in [1.165, 1.54) is 11.1 Å². The van der Waals surface area contributed by atoms with Crippen molar-refractivity contribution in [2.75, 3.05) is 0 Å². The summed E-state index contributed by atoms with van der Waals surface area (Å²) in [5, 5.41) is 8.86. The molecule has 0 spiro atoms. The third kappa shape index (κ3) is 4.28. The van der Waals surface area contributed by atoms with Gasteiger partial charge in [-0.25, -0.2) is 4.98 Å². The Morgan fingerprint density at radius 1 is 0.938 bits per heavy atom. The number of benzene rings is 2. The molecular formula is C27H30N4O. The zero-order valence-corrected chi connectivity index (χ0v) is 19.4.